The van der Waals surface area contributed by atoms with Crippen molar-refractivity contribution < 1.29 is 0 Å². The molecule has 102 valence electrons. The van der Waals surface area contributed by atoms with Crippen LogP contribution in [0.5, 0.6) is 0 Å². The molecule has 1 aromatic heterocycles. The maximum Gasteiger partial charge on any atom is 0.140 e. The summed E-state index contributed by atoms with van der Waals surface area (Å²) in [6.07, 6.45) is 1.01. The van der Waals surface area contributed by atoms with Crippen molar-refractivity contribution in [3.05, 3.63) is 40.7 Å². The predicted octanol–water partition coefficient (Wildman–Crippen LogP) is 2.77. The molecule has 3 nitrogen and oxygen atoms in total. The molecule has 0 saturated heterocycles. The molecule has 0 saturated carbocycles. The minimum absolute atomic E-state index is 0.979. The van der Waals surface area contributed by atoms with Crippen LogP contribution in [0.4, 0.5) is 0 Å². The van der Waals surface area contributed by atoms with E-state index in [-0.39, 0.29) is 0 Å². The first-order valence-corrected chi connectivity index (χ1v) is 6.79. The smallest absolute Gasteiger partial charge is 0.140 e. The van der Waals surface area contributed by atoms with E-state index in [1.54, 1.807) is 0 Å². The van der Waals surface area contributed by atoms with Gasteiger partial charge in [0.25, 0.3) is 0 Å². The Morgan fingerprint density at radius 1 is 1.21 bits per heavy atom. The number of benzene rings is 1. The third-order valence-corrected chi connectivity index (χ3v) is 3.66. The zero-order valence-electron chi connectivity index (χ0n) is 12.5. The number of nitrogens with zero attached hydrogens (tertiary/aromatic N) is 2. The van der Waals surface area contributed by atoms with E-state index >= 15 is 0 Å². The van der Waals surface area contributed by atoms with E-state index in [1.807, 2.05) is 7.05 Å². The molecule has 0 aliphatic heterocycles. The van der Waals surface area contributed by atoms with E-state index in [4.69, 9.17) is 4.98 Å². The number of rotatable bonds is 4. The second kappa shape index (κ2) is 5.57. The third kappa shape index (κ3) is 2.71. The standard InChI is InChI=1S/C16H23N3/c1-11-6-7-12(2)14(10-11)16-18-13(3)15(19(16)5)8-9-17-4/h6-7,10,17H,8-9H2,1-5H3. The summed E-state index contributed by atoms with van der Waals surface area (Å²) in [4.78, 5) is 4.77. The maximum absolute atomic E-state index is 4.77. The van der Waals surface area contributed by atoms with E-state index in [9.17, 15) is 0 Å². The zero-order chi connectivity index (χ0) is 14.0. The van der Waals surface area contributed by atoms with Crippen LogP contribution in [0.2, 0.25) is 0 Å². The van der Waals surface area contributed by atoms with E-state index in [2.05, 4.69) is 55.9 Å². The minimum Gasteiger partial charge on any atom is -0.331 e. The predicted molar refractivity (Wildman–Crippen MR) is 80.5 cm³/mol. The summed E-state index contributed by atoms with van der Waals surface area (Å²) in [5, 5.41) is 3.20. The number of aromatic nitrogens is 2. The normalized spacial score (nSPS) is 11.0. The lowest BCUT2D eigenvalue weighted by Crippen LogP contribution is -2.13. The fraction of sp³-hybridized carbons (Fsp3) is 0.438. The molecule has 0 aliphatic rings. The lowest BCUT2D eigenvalue weighted by molar-refractivity contribution is 0.736. The molecule has 0 aliphatic carbocycles. The highest BCUT2D eigenvalue weighted by Crippen LogP contribution is 2.25. The van der Waals surface area contributed by atoms with Gasteiger partial charge in [0, 0.05) is 31.3 Å². The Morgan fingerprint density at radius 3 is 2.63 bits per heavy atom. The van der Waals surface area contributed by atoms with Crippen molar-refractivity contribution in [1.82, 2.24) is 14.9 Å². The van der Waals surface area contributed by atoms with Gasteiger partial charge in [0.2, 0.25) is 0 Å². The molecule has 2 aromatic rings. The molecule has 1 heterocycles. The van der Waals surface area contributed by atoms with Crippen LogP contribution >= 0.6 is 0 Å². The number of nitrogens with one attached hydrogen (secondary N) is 1. The number of likely N-dealkylation sites (N-methyl/N-ethyl adjacent to an activating group) is 1. The molecule has 1 N–H and O–H groups in total. The van der Waals surface area contributed by atoms with Crippen LogP contribution in [-0.4, -0.2) is 23.1 Å². The number of hydrogen-bond acceptors (Lipinski definition) is 2. The zero-order valence-corrected chi connectivity index (χ0v) is 12.5. The molecular weight excluding hydrogens is 234 g/mol. The van der Waals surface area contributed by atoms with Gasteiger partial charge in [-0.25, -0.2) is 4.98 Å². The highest BCUT2D eigenvalue weighted by Gasteiger charge is 2.14. The largest absolute Gasteiger partial charge is 0.331 e. The SMILES string of the molecule is CNCCc1c(C)nc(-c2cc(C)ccc2C)n1C. The summed E-state index contributed by atoms with van der Waals surface area (Å²) in [5.74, 6) is 1.07. The molecule has 0 amide bonds. The minimum atomic E-state index is 0.979. The molecule has 0 unspecified atom stereocenters. The summed E-state index contributed by atoms with van der Waals surface area (Å²) in [7, 11) is 4.10. The summed E-state index contributed by atoms with van der Waals surface area (Å²) in [6, 6.07) is 6.54. The van der Waals surface area contributed by atoms with Gasteiger partial charge in [-0.3, -0.25) is 0 Å². The van der Waals surface area contributed by atoms with Crippen molar-refractivity contribution in [3.8, 4) is 11.4 Å². The Bertz CT molecular complexity index is 582. The molecule has 1 aromatic carbocycles. The van der Waals surface area contributed by atoms with Crippen molar-refractivity contribution in [3.63, 3.8) is 0 Å². The van der Waals surface area contributed by atoms with Gasteiger partial charge in [-0.05, 0) is 39.4 Å². The lowest BCUT2D eigenvalue weighted by Gasteiger charge is -2.09. The van der Waals surface area contributed by atoms with Crippen LogP contribution in [0.15, 0.2) is 18.2 Å². The van der Waals surface area contributed by atoms with Gasteiger partial charge >= 0.3 is 0 Å². The van der Waals surface area contributed by atoms with Gasteiger partial charge in [0.1, 0.15) is 5.82 Å². The highest BCUT2D eigenvalue weighted by atomic mass is 15.1. The van der Waals surface area contributed by atoms with Crippen LogP contribution in [0.1, 0.15) is 22.5 Å². The van der Waals surface area contributed by atoms with Crippen molar-refractivity contribution in [2.75, 3.05) is 13.6 Å². The van der Waals surface area contributed by atoms with E-state index in [1.165, 1.54) is 22.4 Å². The fourth-order valence-corrected chi connectivity index (χ4v) is 2.48. The average Bonchev–Trinajstić information content (AvgIpc) is 2.66. The molecule has 3 heteroatoms. The van der Waals surface area contributed by atoms with E-state index in [0.717, 1.165) is 24.5 Å². The highest BCUT2D eigenvalue weighted by molar-refractivity contribution is 5.62. The third-order valence-electron chi connectivity index (χ3n) is 3.66. The number of hydrogen-bond donors (Lipinski definition) is 1. The Kier molecular flexibility index (Phi) is 4.05. The fourth-order valence-electron chi connectivity index (χ4n) is 2.48. The lowest BCUT2D eigenvalue weighted by atomic mass is 10.1. The Morgan fingerprint density at radius 2 is 1.95 bits per heavy atom. The summed E-state index contributed by atoms with van der Waals surface area (Å²) >= 11 is 0. The molecule has 0 spiro atoms. The average molecular weight is 257 g/mol. The summed E-state index contributed by atoms with van der Waals surface area (Å²) in [5.41, 5.74) is 6.23. The molecule has 2 rings (SSSR count). The maximum atomic E-state index is 4.77. The van der Waals surface area contributed by atoms with Crippen molar-refractivity contribution in [2.24, 2.45) is 7.05 Å². The molecule has 0 radical (unpaired) electrons. The summed E-state index contributed by atoms with van der Waals surface area (Å²) in [6.45, 7) is 7.35. The topological polar surface area (TPSA) is 29.9 Å². The van der Waals surface area contributed by atoms with Gasteiger partial charge in [-0.2, -0.15) is 0 Å². The van der Waals surface area contributed by atoms with Crippen LogP contribution in [0, 0.1) is 20.8 Å². The van der Waals surface area contributed by atoms with Crippen LogP contribution in [0.3, 0.4) is 0 Å². The molecule has 0 fully saturated rings. The first kappa shape index (κ1) is 13.8. The van der Waals surface area contributed by atoms with Gasteiger partial charge < -0.3 is 9.88 Å². The first-order chi connectivity index (χ1) is 9.04. The Labute approximate surface area is 115 Å². The van der Waals surface area contributed by atoms with Gasteiger partial charge in [-0.15, -0.1) is 0 Å². The van der Waals surface area contributed by atoms with Gasteiger partial charge in [-0.1, -0.05) is 17.7 Å². The van der Waals surface area contributed by atoms with Crippen LogP contribution in [0.25, 0.3) is 11.4 Å². The van der Waals surface area contributed by atoms with Crippen molar-refractivity contribution >= 4 is 0 Å². The molecule has 0 bridgehead atoms. The van der Waals surface area contributed by atoms with Crippen LogP contribution in [-0.2, 0) is 13.5 Å². The molecular formula is C16H23N3. The Balaban J connectivity index is 2.48. The quantitative estimate of drug-likeness (QED) is 0.912. The summed E-state index contributed by atoms with van der Waals surface area (Å²) < 4.78 is 2.23. The van der Waals surface area contributed by atoms with E-state index < -0.39 is 0 Å². The van der Waals surface area contributed by atoms with Crippen molar-refractivity contribution in [1.29, 1.82) is 0 Å². The first-order valence-electron chi connectivity index (χ1n) is 6.79. The van der Waals surface area contributed by atoms with E-state index in [0.29, 0.717) is 0 Å². The van der Waals surface area contributed by atoms with Crippen molar-refractivity contribution in [2.45, 2.75) is 27.2 Å². The number of aryl methyl sites for hydroxylation is 3. The second-order valence-corrected chi connectivity index (χ2v) is 5.20. The monoisotopic (exact) mass is 257 g/mol. The number of imidazole rings is 1. The second-order valence-electron chi connectivity index (χ2n) is 5.20. The molecule has 19 heavy (non-hydrogen) atoms. The van der Waals surface area contributed by atoms with Gasteiger partial charge in [0.05, 0.1) is 5.69 Å². The Hall–Kier alpha value is -1.61. The van der Waals surface area contributed by atoms with Gasteiger partial charge in [0.15, 0.2) is 0 Å². The van der Waals surface area contributed by atoms with Crippen LogP contribution < -0.4 is 5.32 Å². The molecule has 0 atom stereocenters.